The van der Waals surface area contributed by atoms with Gasteiger partial charge in [-0.25, -0.2) is 0 Å². The molecule has 0 amide bonds. The number of rotatable bonds is 5. The van der Waals surface area contributed by atoms with Gasteiger partial charge in [0, 0.05) is 18.9 Å². The molecule has 2 fully saturated rings. The fraction of sp³-hybridized carbons (Fsp3) is 0.667. The molecular weight excluding hydrogens is 262 g/mol. The molecule has 0 N–H and O–H groups in total. The highest BCUT2D eigenvalue weighted by Gasteiger charge is 2.36. The van der Waals surface area contributed by atoms with Gasteiger partial charge in [0.15, 0.2) is 11.0 Å². The zero-order valence-electron chi connectivity index (χ0n) is 10.7. The lowest BCUT2D eigenvalue weighted by molar-refractivity contribution is 0.389. The topological polar surface area (TPSA) is 69.6 Å². The van der Waals surface area contributed by atoms with E-state index in [1.54, 1.807) is 18.7 Å². The Kier molecular flexibility index (Phi) is 2.61. The molecule has 0 atom stereocenters. The average molecular weight is 277 g/mol. The Bertz CT molecular complexity index is 599. The quantitative estimate of drug-likeness (QED) is 0.782. The molecule has 7 heteroatoms. The Morgan fingerprint density at radius 2 is 2.11 bits per heavy atom. The minimum Gasteiger partial charge on any atom is -0.340 e. The summed E-state index contributed by atoms with van der Waals surface area (Å²) in [6.07, 6.45) is 5.04. The predicted molar refractivity (Wildman–Crippen MR) is 68.9 cm³/mol. The molecular formula is C12H15N5OS. The van der Waals surface area contributed by atoms with Gasteiger partial charge in [0.2, 0.25) is 5.89 Å². The third kappa shape index (κ3) is 2.27. The highest BCUT2D eigenvalue weighted by atomic mass is 32.2. The average Bonchev–Trinajstić information content (AvgIpc) is 3.33. The van der Waals surface area contributed by atoms with E-state index in [0.29, 0.717) is 23.6 Å². The first-order valence-electron chi connectivity index (χ1n) is 6.68. The van der Waals surface area contributed by atoms with Gasteiger partial charge >= 0.3 is 0 Å². The van der Waals surface area contributed by atoms with Crippen molar-refractivity contribution in [2.24, 2.45) is 0 Å². The van der Waals surface area contributed by atoms with Crippen LogP contribution in [0.15, 0.2) is 9.68 Å². The van der Waals surface area contributed by atoms with Gasteiger partial charge in [0.05, 0.1) is 5.75 Å². The lowest BCUT2D eigenvalue weighted by Crippen LogP contribution is -2.02. The van der Waals surface area contributed by atoms with Gasteiger partial charge in [0.1, 0.15) is 5.82 Å². The molecule has 100 valence electrons. The van der Waals surface area contributed by atoms with E-state index in [4.69, 9.17) is 4.52 Å². The highest BCUT2D eigenvalue weighted by Crippen LogP contribution is 2.46. The first kappa shape index (κ1) is 11.5. The Morgan fingerprint density at radius 1 is 1.26 bits per heavy atom. The molecule has 2 aromatic heterocycles. The molecule has 2 aliphatic rings. The molecule has 0 unspecified atom stereocenters. The molecule has 0 saturated heterocycles. The second-order valence-corrected chi connectivity index (χ2v) is 6.18. The van der Waals surface area contributed by atoms with Crippen LogP contribution in [0.5, 0.6) is 0 Å². The standard InChI is InChI=1S/C12H15N5OS/c1-7-13-10(16-18-7)6-19-12-15-14-11(8-2-3-8)17(12)9-4-5-9/h8-9H,2-6H2,1H3. The van der Waals surface area contributed by atoms with Crippen LogP contribution in [0.4, 0.5) is 0 Å². The summed E-state index contributed by atoms with van der Waals surface area (Å²) in [7, 11) is 0. The molecule has 2 aliphatic carbocycles. The van der Waals surface area contributed by atoms with Crippen molar-refractivity contribution in [3.05, 3.63) is 17.5 Å². The Labute approximate surface area is 115 Å². The van der Waals surface area contributed by atoms with E-state index in [1.165, 1.54) is 31.5 Å². The molecule has 4 rings (SSSR count). The van der Waals surface area contributed by atoms with Crippen molar-refractivity contribution < 1.29 is 4.52 Å². The summed E-state index contributed by atoms with van der Waals surface area (Å²) in [5.41, 5.74) is 0. The highest BCUT2D eigenvalue weighted by molar-refractivity contribution is 7.98. The van der Waals surface area contributed by atoms with Crippen molar-refractivity contribution in [3.8, 4) is 0 Å². The second kappa shape index (κ2) is 4.33. The Morgan fingerprint density at radius 3 is 2.74 bits per heavy atom. The van der Waals surface area contributed by atoms with E-state index in [9.17, 15) is 0 Å². The van der Waals surface area contributed by atoms with Crippen molar-refractivity contribution in [2.45, 2.75) is 55.5 Å². The van der Waals surface area contributed by atoms with Crippen LogP contribution < -0.4 is 0 Å². The predicted octanol–water partition coefficient (Wildman–Crippen LogP) is 2.47. The Hall–Kier alpha value is -1.37. The van der Waals surface area contributed by atoms with E-state index >= 15 is 0 Å². The molecule has 2 saturated carbocycles. The molecule has 19 heavy (non-hydrogen) atoms. The third-order valence-electron chi connectivity index (χ3n) is 3.45. The monoisotopic (exact) mass is 277 g/mol. The zero-order chi connectivity index (χ0) is 12.8. The fourth-order valence-electron chi connectivity index (χ4n) is 2.21. The van der Waals surface area contributed by atoms with Crippen molar-refractivity contribution in [1.82, 2.24) is 24.9 Å². The van der Waals surface area contributed by atoms with E-state index in [0.717, 1.165) is 11.0 Å². The smallest absolute Gasteiger partial charge is 0.223 e. The molecule has 2 aromatic rings. The van der Waals surface area contributed by atoms with Gasteiger partial charge < -0.3 is 9.09 Å². The molecule has 6 nitrogen and oxygen atoms in total. The number of hydrogen-bond donors (Lipinski definition) is 0. The minimum atomic E-state index is 0.609. The zero-order valence-corrected chi connectivity index (χ0v) is 11.6. The molecule has 0 spiro atoms. The van der Waals surface area contributed by atoms with Crippen LogP contribution in [0, 0.1) is 6.92 Å². The summed E-state index contributed by atoms with van der Waals surface area (Å²) in [6.45, 7) is 1.80. The van der Waals surface area contributed by atoms with Crippen molar-refractivity contribution >= 4 is 11.8 Å². The van der Waals surface area contributed by atoms with Crippen LogP contribution >= 0.6 is 11.8 Å². The van der Waals surface area contributed by atoms with Gasteiger partial charge in [-0.05, 0) is 25.7 Å². The summed E-state index contributed by atoms with van der Waals surface area (Å²) < 4.78 is 7.32. The Balaban J connectivity index is 1.53. The number of nitrogens with zero attached hydrogens (tertiary/aromatic N) is 5. The lowest BCUT2D eigenvalue weighted by atomic mass is 10.4. The van der Waals surface area contributed by atoms with E-state index in [2.05, 4.69) is 24.9 Å². The van der Waals surface area contributed by atoms with Crippen LogP contribution in [-0.4, -0.2) is 24.9 Å². The maximum absolute atomic E-state index is 4.98. The van der Waals surface area contributed by atoms with Gasteiger partial charge in [-0.2, -0.15) is 4.98 Å². The largest absolute Gasteiger partial charge is 0.340 e. The molecule has 0 bridgehead atoms. The summed E-state index contributed by atoms with van der Waals surface area (Å²) in [5, 5.41) is 13.7. The van der Waals surface area contributed by atoms with Crippen molar-refractivity contribution in [3.63, 3.8) is 0 Å². The number of aryl methyl sites for hydroxylation is 1. The van der Waals surface area contributed by atoms with Crippen molar-refractivity contribution in [1.29, 1.82) is 0 Å². The van der Waals surface area contributed by atoms with Gasteiger partial charge in [0.25, 0.3) is 0 Å². The van der Waals surface area contributed by atoms with Gasteiger partial charge in [-0.3, -0.25) is 0 Å². The first-order chi connectivity index (χ1) is 9.31. The summed E-state index contributed by atoms with van der Waals surface area (Å²) in [5.74, 6) is 3.86. The normalized spacial score (nSPS) is 19.0. The van der Waals surface area contributed by atoms with Crippen LogP contribution in [-0.2, 0) is 5.75 Å². The second-order valence-electron chi connectivity index (χ2n) is 5.23. The van der Waals surface area contributed by atoms with Gasteiger partial charge in [-0.1, -0.05) is 16.9 Å². The van der Waals surface area contributed by atoms with Crippen molar-refractivity contribution in [2.75, 3.05) is 0 Å². The molecule has 2 heterocycles. The molecule has 0 radical (unpaired) electrons. The third-order valence-corrected chi connectivity index (χ3v) is 4.38. The van der Waals surface area contributed by atoms with Crippen LogP contribution in [0.25, 0.3) is 0 Å². The molecule has 0 aromatic carbocycles. The summed E-state index contributed by atoms with van der Waals surface area (Å²) in [6, 6.07) is 0.625. The van der Waals surface area contributed by atoms with Crippen LogP contribution in [0.2, 0.25) is 0 Å². The van der Waals surface area contributed by atoms with Crippen LogP contribution in [0.1, 0.15) is 55.2 Å². The van der Waals surface area contributed by atoms with Crippen LogP contribution in [0.3, 0.4) is 0 Å². The van der Waals surface area contributed by atoms with Gasteiger partial charge in [-0.15, -0.1) is 10.2 Å². The van der Waals surface area contributed by atoms with E-state index in [-0.39, 0.29) is 0 Å². The SMILES string of the molecule is Cc1nc(CSc2nnc(C3CC3)n2C2CC2)no1. The lowest BCUT2D eigenvalue weighted by Gasteiger charge is -2.06. The molecule has 0 aliphatic heterocycles. The minimum absolute atomic E-state index is 0.609. The fourth-order valence-corrected chi connectivity index (χ4v) is 3.07. The number of thioether (sulfide) groups is 1. The summed E-state index contributed by atoms with van der Waals surface area (Å²) >= 11 is 1.65. The number of hydrogen-bond acceptors (Lipinski definition) is 6. The maximum atomic E-state index is 4.98. The number of aromatic nitrogens is 5. The van der Waals surface area contributed by atoms with E-state index in [1.807, 2.05) is 0 Å². The van der Waals surface area contributed by atoms with E-state index < -0.39 is 0 Å². The first-order valence-corrected chi connectivity index (χ1v) is 7.66. The maximum Gasteiger partial charge on any atom is 0.223 e. The summed E-state index contributed by atoms with van der Waals surface area (Å²) in [4.78, 5) is 4.21.